The number of ether oxygens (including phenoxy) is 1. The van der Waals surface area contributed by atoms with Gasteiger partial charge in [0.2, 0.25) is 0 Å². The number of nitroso groups, excluding NO2 is 1. The Morgan fingerprint density at radius 1 is 1.47 bits per heavy atom. The Morgan fingerprint density at radius 3 is 2.20 bits per heavy atom. The van der Waals surface area contributed by atoms with Crippen LogP contribution in [0.1, 0.15) is 13.3 Å². The molecule has 0 spiro atoms. The third-order valence-electron chi connectivity index (χ3n) is 1.08. The first-order valence-corrected chi connectivity index (χ1v) is 3.93. The highest BCUT2D eigenvalue weighted by Gasteiger charge is 2.04. The van der Waals surface area contributed by atoms with Gasteiger partial charge in [0, 0.05) is 6.92 Å². The third kappa shape index (κ3) is 15.1. The van der Waals surface area contributed by atoms with E-state index in [1.165, 1.54) is 7.11 Å². The second kappa shape index (κ2) is 10.4. The van der Waals surface area contributed by atoms with Crippen LogP contribution in [0.2, 0.25) is 0 Å². The summed E-state index contributed by atoms with van der Waals surface area (Å²) in [5, 5.41) is 19.1. The van der Waals surface area contributed by atoms with Gasteiger partial charge in [-0.15, -0.1) is 4.91 Å². The molecule has 0 aromatic rings. The highest BCUT2D eigenvalue weighted by molar-refractivity contribution is 5.69. The number of rotatable bonds is 5. The maximum atomic E-state index is 10.5. The average Bonchev–Trinajstić information content (AvgIpc) is 2.18. The van der Waals surface area contributed by atoms with Gasteiger partial charge < -0.3 is 14.9 Å². The predicted octanol–water partition coefficient (Wildman–Crippen LogP) is -0.426. The molecule has 0 aromatic heterocycles. The molecule has 0 bridgehead atoms. The van der Waals surface area contributed by atoms with Gasteiger partial charge in [-0.3, -0.25) is 9.59 Å². The van der Waals surface area contributed by atoms with Crippen molar-refractivity contribution in [3.05, 3.63) is 4.91 Å². The summed E-state index contributed by atoms with van der Waals surface area (Å²) in [4.78, 5) is 29.3. The van der Waals surface area contributed by atoms with E-state index in [2.05, 4.69) is 10.0 Å². The summed E-state index contributed by atoms with van der Waals surface area (Å²) < 4.78 is 4.30. The maximum Gasteiger partial charge on any atom is 0.307 e. The normalized spacial score (nSPS) is 8.20. The number of aliphatic carboxylic acids is 1. The molecule has 0 aliphatic carbocycles. The van der Waals surface area contributed by atoms with Gasteiger partial charge in [0.05, 0.1) is 25.4 Å². The molecule has 0 radical (unpaired) electrons. The molecule has 15 heavy (non-hydrogen) atoms. The van der Waals surface area contributed by atoms with Gasteiger partial charge in [-0.05, 0) is 0 Å². The van der Waals surface area contributed by atoms with Gasteiger partial charge >= 0.3 is 5.97 Å². The van der Waals surface area contributed by atoms with Gasteiger partial charge in [0.15, 0.2) is 0 Å². The van der Waals surface area contributed by atoms with E-state index in [9.17, 15) is 9.70 Å². The fraction of sp³-hybridized carbons (Fsp3) is 0.714. The van der Waals surface area contributed by atoms with Crippen LogP contribution in [-0.4, -0.2) is 47.5 Å². The van der Waals surface area contributed by atoms with Crippen molar-refractivity contribution in [1.82, 2.24) is 5.01 Å². The lowest BCUT2D eigenvalue weighted by Gasteiger charge is -2.09. The second-order valence-electron chi connectivity index (χ2n) is 2.30. The van der Waals surface area contributed by atoms with Crippen LogP contribution >= 0.6 is 0 Å². The van der Waals surface area contributed by atoms with Crippen molar-refractivity contribution >= 4 is 11.9 Å². The smallest absolute Gasteiger partial charge is 0.307 e. The Morgan fingerprint density at radius 2 is 1.93 bits per heavy atom. The van der Waals surface area contributed by atoms with E-state index in [0.29, 0.717) is 0 Å². The van der Waals surface area contributed by atoms with Crippen molar-refractivity contribution < 1.29 is 24.5 Å². The lowest BCUT2D eigenvalue weighted by Crippen LogP contribution is -2.21. The van der Waals surface area contributed by atoms with Crippen LogP contribution in [0.25, 0.3) is 0 Å². The SMILES string of the molecule is CC(=O)O.COC(=O)CCN(CO)N=O. The molecule has 0 amide bonds. The summed E-state index contributed by atoms with van der Waals surface area (Å²) in [7, 11) is 1.25. The first-order chi connectivity index (χ1) is 6.97. The number of carboxylic acid groups (broad SMARTS) is 1. The molecule has 0 aromatic carbocycles. The zero-order valence-corrected chi connectivity index (χ0v) is 8.54. The van der Waals surface area contributed by atoms with Crippen molar-refractivity contribution in [1.29, 1.82) is 0 Å². The molecule has 0 aliphatic rings. The number of esters is 1. The first kappa shape index (κ1) is 15.8. The Hall–Kier alpha value is -1.70. The van der Waals surface area contributed by atoms with E-state index in [1.807, 2.05) is 0 Å². The molecule has 0 rings (SSSR count). The van der Waals surface area contributed by atoms with Crippen molar-refractivity contribution in [2.75, 3.05) is 20.4 Å². The third-order valence-corrected chi connectivity index (χ3v) is 1.08. The van der Waals surface area contributed by atoms with E-state index >= 15 is 0 Å². The van der Waals surface area contributed by atoms with Crippen LogP contribution in [0.5, 0.6) is 0 Å². The summed E-state index contributed by atoms with van der Waals surface area (Å²) in [6.45, 7) is 0.674. The molecule has 8 heteroatoms. The van der Waals surface area contributed by atoms with Crippen molar-refractivity contribution in [2.45, 2.75) is 13.3 Å². The van der Waals surface area contributed by atoms with Crippen molar-refractivity contribution in [3.8, 4) is 0 Å². The largest absolute Gasteiger partial charge is 0.481 e. The topological polar surface area (TPSA) is 116 Å². The van der Waals surface area contributed by atoms with Crippen LogP contribution < -0.4 is 0 Å². The summed E-state index contributed by atoms with van der Waals surface area (Å²) >= 11 is 0. The Kier molecular flexibility index (Phi) is 10.9. The molecule has 0 atom stereocenters. The summed E-state index contributed by atoms with van der Waals surface area (Å²) in [5.41, 5.74) is 0. The van der Waals surface area contributed by atoms with Gasteiger partial charge in [-0.1, -0.05) is 0 Å². The van der Waals surface area contributed by atoms with E-state index in [1.54, 1.807) is 0 Å². The molecule has 8 nitrogen and oxygen atoms in total. The van der Waals surface area contributed by atoms with Crippen LogP contribution in [0.15, 0.2) is 5.29 Å². The molecular formula is C7H14N2O6. The first-order valence-electron chi connectivity index (χ1n) is 3.93. The van der Waals surface area contributed by atoms with Crippen LogP contribution in [0.4, 0.5) is 0 Å². The summed E-state index contributed by atoms with van der Waals surface area (Å²) in [5.74, 6) is -1.27. The minimum absolute atomic E-state index is 0.0444. The number of hydrogen-bond acceptors (Lipinski definition) is 6. The molecule has 0 fully saturated rings. The average molecular weight is 222 g/mol. The minimum atomic E-state index is -0.833. The zero-order chi connectivity index (χ0) is 12.3. The minimum Gasteiger partial charge on any atom is -0.481 e. The lowest BCUT2D eigenvalue weighted by atomic mass is 10.4. The quantitative estimate of drug-likeness (QED) is 0.280. The van der Waals surface area contributed by atoms with Crippen LogP contribution in [0.3, 0.4) is 0 Å². The van der Waals surface area contributed by atoms with Gasteiger partial charge in [-0.25, -0.2) is 5.01 Å². The Balaban J connectivity index is 0. The van der Waals surface area contributed by atoms with E-state index in [0.717, 1.165) is 11.9 Å². The van der Waals surface area contributed by atoms with Gasteiger partial charge in [0.1, 0.15) is 6.73 Å². The highest BCUT2D eigenvalue weighted by Crippen LogP contribution is 1.91. The van der Waals surface area contributed by atoms with Crippen molar-refractivity contribution in [3.63, 3.8) is 0 Å². The number of carbonyl (C=O) groups excluding carboxylic acids is 1. The summed E-state index contributed by atoms with van der Waals surface area (Å²) in [6, 6.07) is 0. The fourth-order valence-electron chi connectivity index (χ4n) is 0.460. The number of carbonyl (C=O) groups is 2. The van der Waals surface area contributed by atoms with Crippen molar-refractivity contribution in [2.24, 2.45) is 5.29 Å². The lowest BCUT2D eigenvalue weighted by molar-refractivity contribution is -0.141. The zero-order valence-electron chi connectivity index (χ0n) is 8.54. The predicted molar refractivity (Wildman–Crippen MR) is 49.5 cm³/mol. The fourth-order valence-corrected chi connectivity index (χ4v) is 0.460. The standard InChI is InChI=1S/C5H10N2O4.C2H4O2/c1-11-5(9)2-3-7(4-8)6-10;1-2(3)4/h8H,2-4H2,1H3;1H3,(H,3,4). The second-order valence-corrected chi connectivity index (χ2v) is 2.30. The van der Waals surface area contributed by atoms with E-state index in [-0.39, 0.29) is 13.0 Å². The van der Waals surface area contributed by atoms with Gasteiger partial charge in [0.25, 0.3) is 5.97 Å². The highest BCUT2D eigenvalue weighted by atomic mass is 16.5. The van der Waals surface area contributed by atoms with Crippen LogP contribution in [0, 0.1) is 4.91 Å². The number of nitrogens with zero attached hydrogens (tertiary/aromatic N) is 2. The van der Waals surface area contributed by atoms with Gasteiger partial charge in [-0.2, -0.15) is 0 Å². The number of hydrogen-bond donors (Lipinski definition) is 2. The summed E-state index contributed by atoms with van der Waals surface area (Å²) in [6.07, 6.45) is 0.0444. The molecule has 0 aliphatic heterocycles. The van der Waals surface area contributed by atoms with Crippen LogP contribution in [-0.2, 0) is 14.3 Å². The number of aliphatic hydroxyl groups is 1. The molecule has 2 N–H and O–H groups in total. The molecule has 0 saturated heterocycles. The number of methoxy groups -OCH3 is 1. The maximum absolute atomic E-state index is 10.5. The monoisotopic (exact) mass is 222 g/mol. The van der Waals surface area contributed by atoms with E-state index < -0.39 is 18.7 Å². The van der Waals surface area contributed by atoms with E-state index in [4.69, 9.17) is 15.0 Å². The number of carboxylic acids is 1. The molecular weight excluding hydrogens is 208 g/mol. The molecule has 0 heterocycles. The Bertz CT molecular complexity index is 204. The Labute approximate surface area is 86.4 Å². The molecule has 0 saturated carbocycles. The molecule has 0 unspecified atom stereocenters. The number of aliphatic hydroxyl groups excluding tert-OH is 1. The molecule has 88 valence electrons.